The smallest absolute Gasteiger partial charge is 0.254 e. The molecule has 0 fully saturated rings. The molecule has 1 aromatic carbocycles. The average molecular weight is 203 g/mol. The summed E-state index contributed by atoms with van der Waals surface area (Å²) >= 11 is 0. The van der Waals surface area contributed by atoms with Gasteiger partial charge in [0.05, 0.1) is 0 Å². The van der Waals surface area contributed by atoms with Crippen LogP contribution < -0.4 is 0 Å². The molecule has 1 aliphatic heterocycles. The van der Waals surface area contributed by atoms with Crippen molar-refractivity contribution in [1.82, 2.24) is 4.90 Å². The Balaban J connectivity index is 2.42. The third kappa shape index (κ3) is 1.65. The van der Waals surface area contributed by atoms with Crippen LogP contribution in [-0.2, 0) is 6.54 Å². The summed E-state index contributed by atoms with van der Waals surface area (Å²) in [5.74, 6) is 0.164. The van der Waals surface area contributed by atoms with Gasteiger partial charge < -0.3 is 4.90 Å². The minimum atomic E-state index is -0.0932. The van der Waals surface area contributed by atoms with Gasteiger partial charge in [0.25, 0.3) is 5.91 Å². The Morgan fingerprint density at radius 3 is 2.53 bits per heavy atom. The lowest BCUT2D eigenvalue weighted by Gasteiger charge is -2.31. The van der Waals surface area contributed by atoms with Gasteiger partial charge in [-0.1, -0.05) is 17.7 Å². The zero-order valence-electron chi connectivity index (χ0n) is 9.79. The number of benzene rings is 1. The molecule has 15 heavy (non-hydrogen) atoms. The Kier molecular flexibility index (Phi) is 2.10. The summed E-state index contributed by atoms with van der Waals surface area (Å²) in [5, 5.41) is 0. The molecule has 0 bridgehead atoms. The van der Waals surface area contributed by atoms with E-state index in [-0.39, 0.29) is 11.4 Å². The van der Waals surface area contributed by atoms with Gasteiger partial charge in [-0.05, 0) is 39.3 Å². The molecule has 0 radical (unpaired) electrons. The van der Waals surface area contributed by atoms with Crippen LogP contribution >= 0.6 is 0 Å². The van der Waals surface area contributed by atoms with E-state index in [9.17, 15) is 4.79 Å². The fourth-order valence-corrected chi connectivity index (χ4v) is 1.99. The first-order valence-electron chi connectivity index (χ1n) is 5.31. The molecule has 2 nitrogen and oxygen atoms in total. The van der Waals surface area contributed by atoms with Gasteiger partial charge >= 0.3 is 0 Å². The predicted octanol–water partition coefficient (Wildman–Crippen LogP) is 2.75. The molecule has 0 saturated carbocycles. The van der Waals surface area contributed by atoms with E-state index in [0.717, 1.165) is 17.7 Å². The predicted molar refractivity (Wildman–Crippen MR) is 60.8 cm³/mol. The summed E-state index contributed by atoms with van der Waals surface area (Å²) in [5.41, 5.74) is 3.16. The molecule has 0 atom stereocenters. The average Bonchev–Trinajstić information content (AvgIpc) is 2.42. The summed E-state index contributed by atoms with van der Waals surface area (Å²) in [6, 6.07) is 6.06. The van der Waals surface area contributed by atoms with Crippen molar-refractivity contribution in [1.29, 1.82) is 0 Å². The lowest BCUT2D eigenvalue weighted by molar-refractivity contribution is 0.0609. The van der Waals surface area contributed by atoms with Crippen molar-refractivity contribution in [2.75, 3.05) is 0 Å². The van der Waals surface area contributed by atoms with Gasteiger partial charge in [0.1, 0.15) is 0 Å². The molecule has 0 aliphatic carbocycles. The Morgan fingerprint density at radius 1 is 1.27 bits per heavy atom. The molecule has 0 N–H and O–H groups in total. The van der Waals surface area contributed by atoms with Gasteiger partial charge in [0, 0.05) is 17.6 Å². The highest BCUT2D eigenvalue weighted by atomic mass is 16.2. The Labute approximate surface area is 90.9 Å². The van der Waals surface area contributed by atoms with Crippen molar-refractivity contribution in [2.45, 2.75) is 39.8 Å². The molecule has 0 spiro atoms. The molecule has 0 aromatic heterocycles. The van der Waals surface area contributed by atoms with E-state index in [1.54, 1.807) is 0 Å². The molecule has 2 rings (SSSR count). The molecule has 0 unspecified atom stereocenters. The van der Waals surface area contributed by atoms with Crippen molar-refractivity contribution in [2.24, 2.45) is 0 Å². The molecular weight excluding hydrogens is 186 g/mol. The number of nitrogens with zero attached hydrogens (tertiary/aromatic N) is 1. The van der Waals surface area contributed by atoms with Crippen LogP contribution in [0.15, 0.2) is 18.2 Å². The van der Waals surface area contributed by atoms with Gasteiger partial charge in [-0.25, -0.2) is 0 Å². The maximum absolute atomic E-state index is 12.1. The van der Waals surface area contributed by atoms with Crippen LogP contribution in [0, 0.1) is 6.92 Å². The van der Waals surface area contributed by atoms with Crippen LogP contribution in [0.3, 0.4) is 0 Å². The summed E-state index contributed by atoms with van der Waals surface area (Å²) < 4.78 is 0. The van der Waals surface area contributed by atoms with Crippen LogP contribution in [0.5, 0.6) is 0 Å². The van der Waals surface area contributed by atoms with Crippen molar-refractivity contribution >= 4 is 5.91 Å². The summed E-state index contributed by atoms with van der Waals surface area (Å²) in [7, 11) is 0. The number of amides is 1. The van der Waals surface area contributed by atoms with Crippen molar-refractivity contribution in [3.8, 4) is 0 Å². The van der Waals surface area contributed by atoms with Crippen LogP contribution in [0.1, 0.15) is 42.3 Å². The first-order chi connectivity index (χ1) is 6.89. The van der Waals surface area contributed by atoms with E-state index in [1.807, 2.05) is 17.0 Å². The number of hydrogen-bond acceptors (Lipinski definition) is 1. The second-order valence-corrected chi connectivity index (χ2v) is 5.22. The minimum Gasteiger partial charge on any atom is -0.329 e. The number of carbonyl (C=O) groups is 1. The summed E-state index contributed by atoms with van der Waals surface area (Å²) in [4.78, 5) is 14.0. The van der Waals surface area contributed by atoms with Crippen molar-refractivity contribution in [3.63, 3.8) is 0 Å². The molecule has 0 saturated heterocycles. The van der Waals surface area contributed by atoms with Crippen molar-refractivity contribution < 1.29 is 4.79 Å². The topological polar surface area (TPSA) is 20.3 Å². The van der Waals surface area contributed by atoms with Gasteiger partial charge in [-0.15, -0.1) is 0 Å². The highest BCUT2D eigenvalue weighted by molar-refractivity contribution is 5.98. The molecule has 80 valence electrons. The molecule has 1 heterocycles. The van der Waals surface area contributed by atoms with Crippen LogP contribution in [0.2, 0.25) is 0 Å². The maximum Gasteiger partial charge on any atom is 0.254 e. The fraction of sp³-hybridized carbons (Fsp3) is 0.462. The Bertz CT molecular complexity index is 415. The van der Waals surface area contributed by atoms with Gasteiger partial charge in [0.15, 0.2) is 0 Å². The maximum atomic E-state index is 12.1. The number of aryl methyl sites for hydroxylation is 1. The number of carbonyl (C=O) groups excluding carboxylic acids is 1. The van der Waals surface area contributed by atoms with E-state index in [0.29, 0.717) is 0 Å². The number of hydrogen-bond donors (Lipinski definition) is 0. The molecule has 1 aliphatic rings. The number of fused-ring (bicyclic) bond motifs is 1. The molecule has 1 aromatic rings. The zero-order chi connectivity index (χ0) is 11.2. The van der Waals surface area contributed by atoms with Crippen LogP contribution in [0.25, 0.3) is 0 Å². The normalized spacial score (nSPS) is 15.7. The monoisotopic (exact) mass is 203 g/mol. The van der Waals surface area contributed by atoms with E-state index < -0.39 is 0 Å². The van der Waals surface area contributed by atoms with Crippen molar-refractivity contribution in [3.05, 3.63) is 34.9 Å². The third-order valence-corrected chi connectivity index (χ3v) is 2.87. The lowest BCUT2D eigenvalue weighted by atomic mass is 10.1. The van der Waals surface area contributed by atoms with Crippen LogP contribution in [-0.4, -0.2) is 16.3 Å². The van der Waals surface area contributed by atoms with Gasteiger partial charge in [-0.2, -0.15) is 0 Å². The van der Waals surface area contributed by atoms with E-state index in [4.69, 9.17) is 0 Å². The van der Waals surface area contributed by atoms with Crippen LogP contribution in [0.4, 0.5) is 0 Å². The highest BCUT2D eigenvalue weighted by Gasteiger charge is 2.34. The zero-order valence-corrected chi connectivity index (χ0v) is 9.79. The van der Waals surface area contributed by atoms with Gasteiger partial charge in [-0.3, -0.25) is 4.79 Å². The summed E-state index contributed by atoms with van der Waals surface area (Å²) in [6.07, 6.45) is 0. The van der Waals surface area contributed by atoms with E-state index >= 15 is 0 Å². The lowest BCUT2D eigenvalue weighted by Crippen LogP contribution is -2.41. The largest absolute Gasteiger partial charge is 0.329 e. The SMILES string of the molecule is Cc1ccc2c(c1)CN(C(C)(C)C)C2=O. The quantitative estimate of drug-likeness (QED) is 0.635. The second kappa shape index (κ2) is 3.09. The molecular formula is C13H17NO. The fourth-order valence-electron chi connectivity index (χ4n) is 1.99. The molecule has 2 heteroatoms. The Hall–Kier alpha value is -1.31. The molecule has 1 amide bonds. The second-order valence-electron chi connectivity index (χ2n) is 5.22. The van der Waals surface area contributed by atoms with Gasteiger partial charge in [0.2, 0.25) is 0 Å². The Morgan fingerprint density at radius 2 is 1.93 bits per heavy atom. The third-order valence-electron chi connectivity index (χ3n) is 2.87. The summed E-state index contributed by atoms with van der Waals surface area (Å²) in [6.45, 7) is 9.03. The first kappa shape index (κ1) is 10.2. The highest BCUT2D eigenvalue weighted by Crippen LogP contribution is 2.29. The first-order valence-corrected chi connectivity index (χ1v) is 5.31. The minimum absolute atomic E-state index is 0.0932. The number of rotatable bonds is 0. The van der Waals surface area contributed by atoms with E-state index in [1.165, 1.54) is 5.56 Å². The standard InChI is InChI=1S/C13H17NO/c1-9-5-6-11-10(7-9)8-14(12(11)15)13(2,3)4/h5-7H,8H2,1-4H3. The van der Waals surface area contributed by atoms with E-state index in [2.05, 4.69) is 33.8 Å².